The molecule has 1 amide bonds. The Morgan fingerprint density at radius 1 is 1.13 bits per heavy atom. The zero-order chi connectivity index (χ0) is 28.2. The van der Waals surface area contributed by atoms with Crippen LogP contribution in [0.2, 0.25) is 15.1 Å². The summed E-state index contributed by atoms with van der Waals surface area (Å²) in [6.07, 6.45) is 3.68. The van der Waals surface area contributed by atoms with Crippen LogP contribution in [0.3, 0.4) is 0 Å². The van der Waals surface area contributed by atoms with E-state index >= 15 is 0 Å². The fourth-order valence-electron chi connectivity index (χ4n) is 4.94. The van der Waals surface area contributed by atoms with Gasteiger partial charge in [0.05, 0.1) is 22.6 Å². The number of ether oxygens (including phenoxy) is 1. The van der Waals surface area contributed by atoms with Gasteiger partial charge in [0.2, 0.25) is 0 Å². The van der Waals surface area contributed by atoms with Gasteiger partial charge in [0.15, 0.2) is 5.69 Å². The molecule has 0 bridgehead atoms. The van der Waals surface area contributed by atoms with Gasteiger partial charge in [-0.2, -0.15) is 5.10 Å². The van der Waals surface area contributed by atoms with Crippen molar-refractivity contribution in [3.63, 3.8) is 0 Å². The predicted molar refractivity (Wildman–Crippen MR) is 154 cm³/mol. The topological polar surface area (TPSA) is 114 Å². The van der Waals surface area contributed by atoms with Gasteiger partial charge < -0.3 is 19.8 Å². The number of benzene rings is 2. The highest BCUT2D eigenvalue weighted by atomic mass is 35.5. The predicted octanol–water partition coefficient (Wildman–Crippen LogP) is 6.68. The summed E-state index contributed by atoms with van der Waals surface area (Å²) in [4.78, 5) is 31.4. The third-order valence-corrected chi connectivity index (χ3v) is 8.49. The van der Waals surface area contributed by atoms with E-state index in [9.17, 15) is 9.36 Å². The Balaban J connectivity index is 1.50. The van der Waals surface area contributed by atoms with Gasteiger partial charge in [-0.1, -0.05) is 53.4 Å². The maximum atomic E-state index is 13.5. The van der Waals surface area contributed by atoms with Crippen LogP contribution in [0, 0.1) is 12.8 Å². The van der Waals surface area contributed by atoms with Crippen molar-refractivity contribution in [3.05, 3.63) is 68.8 Å². The summed E-state index contributed by atoms with van der Waals surface area (Å²) < 4.78 is 18.3. The smallest absolute Gasteiger partial charge is 0.325 e. The Hall–Kier alpha value is -1.90. The van der Waals surface area contributed by atoms with Crippen molar-refractivity contribution in [2.45, 2.75) is 45.1 Å². The van der Waals surface area contributed by atoms with Crippen molar-refractivity contribution in [2.75, 3.05) is 19.4 Å². The van der Waals surface area contributed by atoms with Gasteiger partial charge in [0.25, 0.3) is 5.91 Å². The molecule has 39 heavy (non-hydrogen) atoms. The number of aromatic nitrogens is 2. The van der Waals surface area contributed by atoms with Gasteiger partial charge in [-0.3, -0.25) is 9.36 Å². The van der Waals surface area contributed by atoms with E-state index in [0.29, 0.717) is 51.6 Å². The van der Waals surface area contributed by atoms with E-state index < -0.39 is 7.60 Å². The lowest BCUT2D eigenvalue weighted by Crippen LogP contribution is -2.39. The minimum Gasteiger partial charge on any atom is -0.381 e. The zero-order valence-electron chi connectivity index (χ0n) is 21.4. The second-order valence-electron chi connectivity index (χ2n) is 9.86. The average molecular weight is 615 g/mol. The lowest BCUT2D eigenvalue weighted by molar-refractivity contribution is 0.0741. The zero-order valence-corrected chi connectivity index (χ0v) is 24.6. The molecule has 4 rings (SSSR count). The van der Waals surface area contributed by atoms with Gasteiger partial charge in [0, 0.05) is 40.4 Å². The van der Waals surface area contributed by atoms with Crippen molar-refractivity contribution in [2.24, 2.45) is 5.92 Å². The SMILES string of the molecule is Cc1c(C(=O)NC2CCCC(COCCCP(=O)(O)O)C2)nn(-c2ccc(Cl)cc2Cl)c1-c1ccc(Cl)cc1. The molecule has 2 aromatic carbocycles. The third-order valence-electron chi connectivity index (χ3n) is 6.80. The van der Waals surface area contributed by atoms with E-state index in [4.69, 9.17) is 54.4 Å². The molecule has 210 valence electrons. The highest BCUT2D eigenvalue weighted by molar-refractivity contribution is 7.51. The first-order valence-corrected chi connectivity index (χ1v) is 15.7. The second kappa shape index (κ2) is 13.2. The quantitative estimate of drug-likeness (QED) is 0.173. The van der Waals surface area contributed by atoms with Gasteiger partial charge >= 0.3 is 7.60 Å². The number of carbonyl (C=O) groups is 1. The summed E-state index contributed by atoms with van der Waals surface area (Å²) in [5.74, 6) is -0.00461. The highest BCUT2D eigenvalue weighted by Crippen LogP contribution is 2.35. The average Bonchev–Trinajstić information content (AvgIpc) is 3.20. The van der Waals surface area contributed by atoms with Gasteiger partial charge in [-0.15, -0.1) is 0 Å². The van der Waals surface area contributed by atoms with Crippen molar-refractivity contribution < 1.29 is 23.9 Å². The number of rotatable bonds is 10. The molecule has 8 nitrogen and oxygen atoms in total. The molecular formula is C27H31Cl3N3O5P. The molecule has 3 aromatic rings. The van der Waals surface area contributed by atoms with Crippen molar-refractivity contribution in [3.8, 4) is 16.9 Å². The number of halogens is 3. The molecule has 1 aromatic heterocycles. The molecule has 0 saturated heterocycles. The van der Waals surface area contributed by atoms with Crippen LogP contribution >= 0.6 is 42.4 Å². The van der Waals surface area contributed by atoms with E-state index in [1.807, 2.05) is 19.1 Å². The fraction of sp³-hybridized carbons (Fsp3) is 0.407. The lowest BCUT2D eigenvalue weighted by atomic mass is 9.86. The molecule has 0 aliphatic heterocycles. The standard InChI is InChI=1S/C27H31Cl3N3O5P/c1-17-25(27(34)31-22-5-2-4-18(14-22)16-38-12-3-13-39(35,36)37)32-33(24-11-10-21(29)15-23(24)30)26(17)19-6-8-20(28)9-7-19/h6-11,15,18,22H,2-5,12-14,16H2,1H3,(H,31,34)(H2,35,36,37). The lowest BCUT2D eigenvalue weighted by Gasteiger charge is -2.29. The molecule has 1 fully saturated rings. The minimum absolute atomic E-state index is 0.0300. The van der Waals surface area contributed by atoms with Gasteiger partial charge in [0.1, 0.15) is 0 Å². The maximum Gasteiger partial charge on any atom is 0.325 e. The molecule has 1 saturated carbocycles. The fourth-order valence-corrected chi connectivity index (χ4v) is 6.09. The summed E-state index contributed by atoms with van der Waals surface area (Å²) in [6, 6.07) is 12.4. The van der Waals surface area contributed by atoms with Crippen LogP contribution in [0.15, 0.2) is 42.5 Å². The molecule has 1 aliphatic rings. The monoisotopic (exact) mass is 613 g/mol. The van der Waals surface area contributed by atoms with Gasteiger partial charge in [-0.05, 0) is 68.9 Å². The maximum absolute atomic E-state index is 13.5. The molecular weight excluding hydrogens is 584 g/mol. The number of nitrogens with one attached hydrogen (secondary N) is 1. The number of carbonyl (C=O) groups excluding carboxylic acids is 1. The van der Waals surface area contributed by atoms with Crippen LogP contribution in [-0.4, -0.2) is 50.9 Å². The Morgan fingerprint density at radius 3 is 2.54 bits per heavy atom. The summed E-state index contributed by atoms with van der Waals surface area (Å²) in [7, 11) is -4.00. The van der Waals surface area contributed by atoms with Crippen LogP contribution in [0.1, 0.15) is 48.2 Å². The van der Waals surface area contributed by atoms with E-state index in [0.717, 1.165) is 36.9 Å². The molecule has 2 unspecified atom stereocenters. The van der Waals surface area contributed by atoms with Gasteiger partial charge in [-0.25, -0.2) is 4.68 Å². The van der Waals surface area contributed by atoms with Crippen LogP contribution < -0.4 is 5.32 Å². The molecule has 1 aliphatic carbocycles. The third kappa shape index (κ3) is 8.08. The first-order chi connectivity index (χ1) is 18.5. The van der Waals surface area contributed by atoms with E-state index in [1.54, 1.807) is 35.0 Å². The summed E-state index contributed by atoms with van der Waals surface area (Å²) >= 11 is 18.8. The first kappa shape index (κ1) is 30.1. The second-order valence-corrected chi connectivity index (χ2v) is 12.9. The molecule has 1 heterocycles. The highest BCUT2D eigenvalue weighted by Gasteiger charge is 2.28. The number of hydrogen-bond donors (Lipinski definition) is 3. The molecule has 0 radical (unpaired) electrons. The van der Waals surface area contributed by atoms with Crippen LogP contribution in [0.25, 0.3) is 16.9 Å². The van der Waals surface area contributed by atoms with E-state index in [-0.39, 0.29) is 24.0 Å². The minimum atomic E-state index is -4.00. The molecule has 2 atom stereocenters. The molecule has 0 spiro atoms. The Labute approximate surface area is 242 Å². The molecule has 3 N–H and O–H groups in total. The number of amides is 1. The first-order valence-electron chi connectivity index (χ1n) is 12.8. The summed E-state index contributed by atoms with van der Waals surface area (Å²) in [5, 5.41) is 9.36. The number of hydrogen-bond acceptors (Lipinski definition) is 4. The summed E-state index contributed by atoms with van der Waals surface area (Å²) in [6.45, 7) is 2.66. The van der Waals surface area contributed by atoms with Crippen molar-refractivity contribution >= 4 is 48.3 Å². The Bertz CT molecular complexity index is 1360. The van der Waals surface area contributed by atoms with Crippen LogP contribution in [-0.2, 0) is 9.30 Å². The Kier molecular flexibility index (Phi) is 10.2. The Morgan fingerprint density at radius 2 is 1.85 bits per heavy atom. The largest absolute Gasteiger partial charge is 0.381 e. The van der Waals surface area contributed by atoms with Crippen LogP contribution in [0.4, 0.5) is 0 Å². The number of nitrogens with zero attached hydrogens (tertiary/aromatic N) is 2. The van der Waals surface area contributed by atoms with Crippen molar-refractivity contribution in [1.29, 1.82) is 0 Å². The molecule has 12 heteroatoms. The summed E-state index contributed by atoms with van der Waals surface area (Å²) in [5.41, 5.74) is 3.18. The van der Waals surface area contributed by atoms with E-state index in [1.165, 1.54) is 0 Å². The van der Waals surface area contributed by atoms with Crippen LogP contribution in [0.5, 0.6) is 0 Å². The van der Waals surface area contributed by atoms with E-state index in [2.05, 4.69) is 5.32 Å². The normalized spacial score (nSPS) is 17.8. The van der Waals surface area contributed by atoms with Crippen molar-refractivity contribution in [1.82, 2.24) is 15.1 Å².